The van der Waals surface area contributed by atoms with Gasteiger partial charge in [-0.05, 0) is 6.92 Å². The lowest BCUT2D eigenvalue weighted by atomic mass is 9.90. The molecule has 0 saturated heterocycles. The van der Waals surface area contributed by atoms with Crippen molar-refractivity contribution in [2.45, 2.75) is 61.1 Å². The molecule has 0 aliphatic rings. The highest BCUT2D eigenvalue weighted by Crippen LogP contribution is 2.65. The minimum atomic E-state index is -8.96. The van der Waals surface area contributed by atoms with E-state index in [9.17, 15) is 87.8 Å². The van der Waals surface area contributed by atoms with Gasteiger partial charge in [0.1, 0.15) is 6.54 Å². The number of carboxylic acids is 1. The molecule has 0 fully saturated rings. The standard InChI is InChI=1S/C15H12F17NO5S/c1-3-33(39(36,37)38,5-4-6(2)7(34)35)15(31,32)13(26,27)11(22,23)9(18,19)8(16,17)10(20,21)12(24,25)14(28,29)30/h2-5H2,1H3,(H-,34,35,36,37,38)/p+1. The predicted molar refractivity (Wildman–Crippen MR) is 89.3 cm³/mol. The van der Waals surface area contributed by atoms with Crippen molar-refractivity contribution in [3.8, 4) is 0 Å². The number of aliphatic carboxylic acids is 1. The first-order valence-electron chi connectivity index (χ1n) is 9.11. The van der Waals surface area contributed by atoms with E-state index in [4.69, 9.17) is 9.66 Å². The number of alkyl halides is 17. The van der Waals surface area contributed by atoms with E-state index in [2.05, 4.69) is 6.58 Å². The number of hydrogen-bond donors (Lipinski definition) is 2. The van der Waals surface area contributed by atoms with E-state index in [1.165, 1.54) is 0 Å². The van der Waals surface area contributed by atoms with Gasteiger partial charge >= 0.3 is 64.0 Å². The molecular formula is C15H13F17NO5S+. The highest BCUT2D eigenvalue weighted by Gasteiger charge is 2.97. The molecule has 0 amide bonds. The van der Waals surface area contributed by atoms with Crippen LogP contribution in [0.5, 0.6) is 0 Å². The molecule has 0 radical (unpaired) electrons. The molecule has 0 aromatic rings. The first-order chi connectivity index (χ1) is 16.6. The second-order valence-electron chi connectivity index (χ2n) is 7.52. The van der Waals surface area contributed by atoms with E-state index in [1.807, 2.05) is 0 Å². The Bertz CT molecular complexity index is 1070. The van der Waals surface area contributed by atoms with Crippen LogP contribution in [-0.2, 0) is 15.1 Å². The van der Waals surface area contributed by atoms with Gasteiger partial charge in [0.25, 0.3) is 0 Å². The zero-order valence-corrected chi connectivity index (χ0v) is 19.0. The third-order valence-electron chi connectivity index (χ3n) is 5.25. The Morgan fingerprint density at radius 3 is 1.26 bits per heavy atom. The lowest BCUT2D eigenvalue weighted by molar-refractivity contribution is -0.922. The Labute approximate surface area is 205 Å². The third-order valence-corrected chi connectivity index (χ3v) is 6.80. The molecule has 2 N–H and O–H groups in total. The number of carboxylic acid groups (broad SMARTS) is 1. The minimum Gasteiger partial charge on any atom is -0.478 e. The highest BCUT2D eigenvalue weighted by molar-refractivity contribution is 7.80. The molecule has 39 heavy (non-hydrogen) atoms. The average Bonchev–Trinajstić information content (AvgIpc) is 2.71. The maximum absolute atomic E-state index is 14.7. The normalized spacial score (nSPS) is 17.1. The minimum absolute atomic E-state index is 0.00418. The summed E-state index contributed by atoms with van der Waals surface area (Å²) in [6.45, 7) is -2.24. The Morgan fingerprint density at radius 1 is 0.692 bits per heavy atom. The summed E-state index contributed by atoms with van der Waals surface area (Å²) < 4.78 is 257. The molecule has 0 saturated carbocycles. The molecule has 24 heteroatoms. The molecule has 0 aromatic carbocycles. The van der Waals surface area contributed by atoms with Crippen LogP contribution >= 0.6 is 0 Å². The van der Waals surface area contributed by atoms with Gasteiger partial charge in [0.05, 0.1) is 6.54 Å². The molecule has 1 atom stereocenters. The highest BCUT2D eigenvalue weighted by atomic mass is 32.2. The summed E-state index contributed by atoms with van der Waals surface area (Å²) in [4.78, 5) is 10.7. The molecule has 0 aliphatic heterocycles. The second kappa shape index (κ2) is 9.76. The SMILES string of the molecule is C=C(CC[N+](CC)(C(F)(F)C(F)(F)C(F)(F)C(F)(F)C(F)(F)C(F)(F)C(F)(F)C(F)(F)F)S(=O)(=O)O)C(=O)O. The van der Waals surface area contributed by atoms with Crippen molar-refractivity contribution in [2.75, 3.05) is 13.1 Å². The molecule has 0 heterocycles. The van der Waals surface area contributed by atoms with Crippen LogP contribution < -0.4 is 0 Å². The van der Waals surface area contributed by atoms with Gasteiger partial charge in [-0.3, -0.25) is 0 Å². The van der Waals surface area contributed by atoms with Crippen molar-refractivity contribution in [1.82, 2.24) is 0 Å². The fraction of sp³-hybridized carbons (Fsp3) is 0.800. The van der Waals surface area contributed by atoms with Crippen molar-refractivity contribution in [2.24, 2.45) is 0 Å². The van der Waals surface area contributed by atoms with Crippen molar-refractivity contribution in [3.05, 3.63) is 12.2 Å². The van der Waals surface area contributed by atoms with Crippen molar-refractivity contribution in [3.63, 3.8) is 0 Å². The summed E-state index contributed by atoms with van der Waals surface area (Å²) >= 11 is 0. The largest absolute Gasteiger partial charge is 0.478 e. The maximum Gasteiger partial charge on any atom is 0.478 e. The molecule has 6 nitrogen and oxygen atoms in total. The van der Waals surface area contributed by atoms with Gasteiger partial charge in [0.2, 0.25) is 0 Å². The van der Waals surface area contributed by atoms with E-state index in [0.29, 0.717) is 0 Å². The number of quaternary nitrogens is 1. The van der Waals surface area contributed by atoms with Gasteiger partial charge in [0, 0.05) is 12.0 Å². The van der Waals surface area contributed by atoms with Gasteiger partial charge in [-0.15, -0.1) is 21.1 Å². The van der Waals surface area contributed by atoms with Gasteiger partial charge in [0.15, 0.2) is 0 Å². The first kappa shape index (κ1) is 36.9. The fourth-order valence-electron chi connectivity index (χ4n) is 2.75. The van der Waals surface area contributed by atoms with Crippen LogP contribution in [0.15, 0.2) is 12.2 Å². The number of carbonyl (C=O) groups is 1. The summed E-state index contributed by atoms with van der Waals surface area (Å²) in [6, 6.07) is -7.57. The molecule has 0 rings (SSSR count). The van der Waals surface area contributed by atoms with Crippen LogP contribution in [0.2, 0.25) is 0 Å². The Balaban J connectivity index is 7.38. The van der Waals surface area contributed by atoms with Crippen LogP contribution in [-0.4, -0.2) is 88.8 Å². The second-order valence-corrected chi connectivity index (χ2v) is 9.12. The van der Waals surface area contributed by atoms with E-state index in [1.54, 1.807) is 0 Å². The quantitative estimate of drug-likeness (QED) is 0.0895. The van der Waals surface area contributed by atoms with Crippen LogP contribution in [0.1, 0.15) is 13.3 Å². The Kier molecular flexibility index (Phi) is 9.24. The third kappa shape index (κ3) is 4.88. The molecule has 1 unspecified atom stereocenters. The maximum atomic E-state index is 14.7. The summed E-state index contributed by atoms with van der Waals surface area (Å²) in [5.74, 6) is -54.5. The zero-order chi connectivity index (χ0) is 32.3. The van der Waals surface area contributed by atoms with Gasteiger partial charge < -0.3 is 5.11 Å². The van der Waals surface area contributed by atoms with Crippen LogP contribution in [0.3, 0.4) is 0 Å². The van der Waals surface area contributed by atoms with Crippen LogP contribution in [0, 0.1) is 0 Å². The lowest BCUT2D eigenvalue weighted by Crippen LogP contribution is -2.79. The predicted octanol–water partition coefficient (Wildman–Crippen LogP) is 5.62. The summed E-state index contributed by atoms with van der Waals surface area (Å²) in [5.41, 5.74) is -1.40. The molecule has 0 bridgehead atoms. The molecule has 0 aliphatic carbocycles. The topological polar surface area (TPSA) is 91.7 Å². The van der Waals surface area contributed by atoms with Crippen molar-refractivity contribution < 1.29 is 101 Å². The summed E-state index contributed by atoms with van der Waals surface area (Å²) in [5, 5.41) is 8.57. The lowest BCUT2D eigenvalue weighted by Gasteiger charge is -2.46. The van der Waals surface area contributed by atoms with E-state index >= 15 is 0 Å². The number of rotatable bonds is 13. The first-order valence-corrected chi connectivity index (χ1v) is 10.5. The Hall–Kier alpha value is -2.11. The zero-order valence-electron chi connectivity index (χ0n) is 18.2. The van der Waals surface area contributed by atoms with E-state index in [0.717, 1.165) is 0 Å². The molecule has 0 spiro atoms. The molecular weight excluding hydrogens is 629 g/mol. The fourth-order valence-corrected chi connectivity index (χ4v) is 3.81. The van der Waals surface area contributed by atoms with Crippen LogP contribution in [0.4, 0.5) is 74.6 Å². The van der Waals surface area contributed by atoms with Crippen molar-refractivity contribution >= 4 is 16.3 Å². The van der Waals surface area contributed by atoms with Crippen LogP contribution in [0.25, 0.3) is 0 Å². The number of nitrogens with zero attached hydrogens (tertiary/aromatic N) is 1. The number of hydrogen-bond acceptors (Lipinski definition) is 3. The number of halogens is 17. The average molecular weight is 642 g/mol. The van der Waals surface area contributed by atoms with E-state index in [-0.39, 0.29) is 6.92 Å². The monoisotopic (exact) mass is 642 g/mol. The summed E-state index contributed by atoms with van der Waals surface area (Å²) in [7, 11) is -7.06. The van der Waals surface area contributed by atoms with Gasteiger partial charge in [-0.2, -0.15) is 65.9 Å². The smallest absolute Gasteiger partial charge is 0.478 e. The molecule has 0 aromatic heterocycles. The van der Waals surface area contributed by atoms with E-state index < -0.39 is 93.0 Å². The van der Waals surface area contributed by atoms with Crippen molar-refractivity contribution in [1.29, 1.82) is 0 Å². The summed E-state index contributed by atoms with van der Waals surface area (Å²) in [6.07, 6.45) is -9.73. The Morgan fingerprint density at radius 2 is 1.00 bits per heavy atom. The van der Waals surface area contributed by atoms with Gasteiger partial charge in [-0.1, -0.05) is 6.58 Å². The van der Waals surface area contributed by atoms with Gasteiger partial charge in [-0.25, -0.2) is 9.35 Å². The molecule has 232 valence electrons.